The van der Waals surface area contributed by atoms with Gasteiger partial charge in [0.2, 0.25) is 0 Å². The SMILES string of the molecule is C[C@H](O)c1cc2n(n1)CCCN(C(=O)c1cnn(Cc3ccccc3)c1)C2. The molecule has 0 saturated heterocycles. The average Bonchev–Trinajstić information content (AvgIpc) is 3.24. The summed E-state index contributed by atoms with van der Waals surface area (Å²) in [6, 6.07) is 11.9. The normalized spacial score (nSPS) is 15.3. The van der Waals surface area contributed by atoms with Gasteiger partial charge in [0.15, 0.2) is 0 Å². The van der Waals surface area contributed by atoms with Crippen molar-refractivity contribution < 1.29 is 9.90 Å². The summed E-state index contributed by atoms with van der Waals surface area (Å²) in [7, 11) is 0. The van der Waals surface area contributed by atoms with Gasteiger partial charge < -0.3 is 10.0 Å². The fraction of sp³-hybridized carbons (Fsp3) is 0.350. The van der Waals surface area contributed by atoms with E-state index >= 15 is 0 Å². The molecule has 1 aliphatic rings. The summed E-state index contributed by atoms with van der Waals surface area (Å²) in [6.45, 7) is 4.25. The van der Waals surface area contributed by atoms with Crippen LogP contribution in [-0.4, -0.2) is 42.0 Å². The topological polar surface area (TPSA) is 76.2 Å². The molecule has 3 heterocycles. The van der Waals surface area contributed by atoms with Gasteiger partial charge in [-0.05, 0) is 25.0 Å². The molecule has 0 aliphatic carbocycles. The van der Waals surface area contributed by atoms with E-state index in [4.69, 9.17) is 0 Å². The molecule has 4 rings (SSSR count). The van der Waals surface area contributed by atoms with E-state index in [0.29, 0.717) is 30.9 Å². The Balaban J connectivity index is 1.49. The second kappa shape index (κ2) is 7.36. The molecule has 0 spiro atoms. The Kier molecular flexibility index (Phi) is 4.77. The van der Waals surface area contributed by atoms with Gasteiger partial charge in [-0.15, -0.1) is 0 Å². The number of amides is 1. The van der Waals surface area contributed by atoms with Crippen molar-refractivity contribution in [1.82, 2.24) is 24.5 Å². The third kappa shape index (κ3) is 3.78. The maximum Gasteiger partial charge on any atom is 0.257 e. The number of carbonyl (C=O) groups excluding carboxylic acids is 1. The number of fused-ring (bicyclic) bond motifs is 1. The molecule has 0 fully saturated rings. The minimum atomic E-state index is -0.607. The number of benzene rings is 1. The number of nitrogens with zero attached hydrogens (tertiary/aromatic N) is 5. The van der Waals surface area contributed by atoms with Crippen LogP contribution in [0.5, 0.6) is 0 Å². The highest BCUT2D eigenvalue weighted by Crippen LogP contribution is 2.19. The zero-order valence-electron chi connectivity index (χ0n) is 15.3. The number of rotatable bonds is 4. The summed E-state index contributed by atoms with van der Waals surface area (Å²) in [5, 5.41) is 18.5. The van der Waals surface area contributed by atoms with E-state index in [2.05, 4.69) is 10.2 Å². The van der Waals surface area contributed by atoms with Crippen molar-refractivity contribution in [1.29, 1.82) is 0 Å². The van der Waals surface area contributed by atoms with Crippen LogP contribution in [0, 0.1) is 0 Å². The van der Waals surface area contributed by atoms with Gasteiger partial charge in [-0.25, -0.2) is 0 Å². The summed E-state index contributed by atoms with van der Waals surface area (Å²) >= 11 is 0. The van der Waals surface area contributed by atoms with Crippen LogP contribution in [0.15, 0.2) is 48.8 Å². The molecule has 7 nitrogen and oxygen atoms in total. The maximum atomic E-state index is 13.0. The van der Waals surface area contributed by atoms with Crippen LogP contribution in [0.25, 0.3) is 0 Å². The molecule has 0 bridgehead atoms. The van der Waals surface area contributed by atoms with Crippen LogP contribution < -0.4 is 0 Å². The van der Waals surface area contributed by atoms with Crippen molar-refractivity contribution in [3.63, 3.8) is 0 Å². The number of aryl methyl sites for hydroxylation is 1. The van der Waals surface area contributed by atoms with Gasteiger partial charge in [0, 0.05) is 19.3 Å². The van der Waals surface area contributed by atoms with Gasteiger partial charge >= 0.3 is 0 Å². The van der Waals surface area contributed by atoms with E-state index in [-0.39, 0.29) is 5.91 Å². The fourth-order valence-electron chi connectivity index (χ4n) is 3.38. The van der Waals surface area contributed by atoms with E-state index < -0.39 is 6.10 Å². The van der Waals surface area contributed by atoms with Crippen molar-refractivity contribution in [2.75, 3.05) is 6.54 Å². The van der Waals surface area contributed by atoms with E-state index in [9.17, 15) is 9.90 Å². The number of hydrogen-bond acceptors (Lipinski definition) is 4. The number of aliphatic hydroxyl groups is 1. The number of aliphatic hydroxyl groups excluding tert-OH is 1. The lowest BCUT2D eigenvalue weighted by Crippen LogP contribution is -2.30. The van der Waals surface area contributed by atoms with Crippen LogP contribution in [0.1, 0.15) is 46.8 Å². The van der Waals surface area contributed by atoms with Gasteiger partial charge in [0.05, 0.1) is 42.3 Å². The molecule has 0 saturated carbocycles. The second-order valence-corrected chi connectivity index (χ2v) is 6.95. The van der Waals surface area contributed by atoms with Crippen molar-refractivity contribution in [3.8, 4) is 0 Å². The summed E-state index contributed by atoms with van der Waals surface area (Å²) in [6.07, 6.45) is 3.66. The number of carbonyl (C=O) groups is 1. The molecule has 0 unspecified atom stereocenters. The highest BCUT2D eigenvalue weighted by Gasteiger charge is 2.23. The van der Waals surface area contributed by atoms with Gasteiger partial charge in [-0.2, -0.15) is 10.2 Å². The van der Waals surface area contributed by atoms with Crippen LogP contribution >= 0.6 is 0 Å². The van der Waals surface area contributed by atoms with E-state index in [1.807, 2.05) is 46.0 Å². The quantitative estimate of drug-likeness (QED) is 0.769. The molecule has 0 radical (unpaired) electrons. The van der Waals surface area contributed by atoms with Gasteiger partial charge in [0.1, 0.15) is 0 Å². The molecule has 140 valence electrons. The molecule has 27 heavy (non-hydrogen) atoms. The van der Waals surface area contributed by atoms with Gasteiger partial charge in [-0.3, -0.25) is 14.2 Å². The minimum absolute atomic E-state index is 0.0254. The first-order valence-electron chi connectivity index (χ1n) is 9.20. The lowest BCUT2D eigenvalue weighted by Gasteiger charge is -2.19. The lowest BCUT2D eigenvalue weighted by atomic mass is 10.2. The second-order valence-electron chi connectivity index (χ2n) is 6.95. The molecular formula is C20H23N5O2. The Morgan fingerprint density at radius 1 is 1.26 bits per heavy atom. The first-order chi connectivity index (χ1) is 13.1. The highest BCUT2D eigenvalue weighted by atomic mass is 16.3. The lowest BCUT2D eigenvalue weighted by molar-refractivity contribution is 0.0745. The Bertz CT molecular complexity index is 929. The third-order valence-corrected chi connectivity index (χ3v) is 4.82. The molecular weight excluding hydrogens is 342 g/mol. The summed E-state index contributed by atoms with van der Waals surface area (Å²) in [5.74, 6) is -0.0254. The van der Waals surface area contributed by atoms with Crippen molar-refractivity contribution >= 4 is 5.91 Å². The standard InChI is InChI=1S/C20H23N5O2/c1-15(26)19-10-18-14-23(8-5-9-25(18)22-19)20(27)17-11-21-24(13-17)12-16-6-3-2-4-7-16/h2-4,6-7,10-11,13,15,26H,5,8-9,12,14H2,1H3/t15-/m0/s1. The van der Waals surface area contributed by atoms with Crippen LogP contribution in [0.3, 0.4) is 0 Å². The van der Waals surface area contributed by atoms with E-state index in [0.717, 1.165) is 24.2 Å². The Labute approximate surface area is 157 Å². The fourth-order valence-corrected chi connectivity index (χ4v) is 3.38. The number of hydrogen-bond donors (Lipinski definition) is 1. The van der Waals surface area contributed by atoms with E-state index in [1.54, 1.807) is 24.0 Å². The molecule has 1 N–H and O–H groups in total. The monoisotopic (exact) mass is 365 g/mol. The smallest absolute Gasteiger partial charge is 0.257 e. The molecule has 1 atom stereocenters. The van der Waals surface area contributed by atoms with E-state index in [1.165, 1.54) is 0 Å². The summed E-state index contributed by atoms with van der Waals surface area (Å²) in [4.78, 5) is 14.8. The minimum Gasteiger partial charge on any atom is -0.387 e. The first-order valence-corrected chi connectivity index (χ1v) is 9.20. The highest BCUT2D eigenvalue weighted by molar-refractivity contribution is 5.93. The van der Waals surface area contributed by atoms with Crippen LogP contribution in [0.2, 0.25) is 0 Å². The molecule has 1 amide bonds. The molecule has 1 aliphatic heterocycles. The first kappa shape index (κ1) is 17.5. The molecule has 2 aromatic heterocycles. The van der Waals surface area contributed by atoms with Crippen molar-refractivity contribution in [2.45, 2.75) is 39.1 Å². The van der Waals surface area contributed by atoms with Crippen LogP contribution in [0.4, 0.5) is 0 Å². The van der Waals surface area contributed by atoms with Crippen LogP contribution in [-0.2, 0) is 19.6 Å². The Morgan fingerprint density at radius 3 is 2.85 bits per heavy atom. The third-order valence-electron chi connectivity index (χ3n) is 4.82. The van der Waals surface area contributed by atoms with Crippen molar-refractivity contribution in [2.24, 2.45) is 0 Å². The largest absolute Gasteiger partial charge is 0.387 e. The zero-order chi connectivity index (χ0) is 18.8. The Hall–Kier alpha value is -2.93. The van der Waals surface area contributed by atoms with Gasteiger partial charge in [0.25, 0.3) is 5.91 Å². The molecule has 7 heteroatoms. The average molecular weight is 365 g/mol. The molecule has 3 aromatic rings. The summed E-state index contributed by atoms with van der Waals surface area (Å²) < 4.78 is 3.68. The van der Waals surface area contributed by atoms with Crippen molar-refractivity contribution in [3.05, 3.63) is 71.3 Å². The maximum absolute atomic E-state index is 13.0. The number of aromatic nitrogens is 4. The summed E-state index contributed by atoms with van der Waals surface area (Å²) in [5.41, 5.74) is 3.34. The van der Waals surface area contributed by atoms with Gasteiger partial charge in [-0.1, -0.05) is 30.3 Å². The zero-order valence-corrected chi connectivity index (χ0v) is 15.3. The molecule has 1 aromatic carbocycles. The predicted molar refractivity (Wildman–Crippen MR) is 100.0 cm³/mol. The predicted octanol–water partition coefficient (Wildman–Crippen LogP) is 2.23. The Morgan fingerprint density at radius 2 is 2.07 bits per heavy atom.